The van der Waals surface area contributed by atoms with Crippen molar-refractivity contribution in [3.63, 3.8) is 0 Å². The van der Waals surface area contributed by atoms with Gasteiger partial charge in [0.15, 0.2) is 5.69 Å². The molecule has 0 bridgehead atoms. The Labute approximate surface area is 113 Å². The predicted molar refractivity (Wildman–Crippen MR) is 69.8 cm³/mol. The van der Waals surface area contributed by atoms with Gasteiger partial charge in [0, 0.05) is 6.61 Å². The normalized spacial score (nSPS) is 13.4. The average molecular weight is 270 g/mol. The Bertz CT molecular complexity index is 434. The maximum absolute atomic E-state index is 11.8. The number of rotatable bonds is 6. The van der Waals surface area contributed by atoms with Crippen LogP contribution in [0.25, 0.3) is 0 Å². The highest BCUT2D eigenvalue weighted by Gasteiger charge is 2.30. The zero-order valence-corrected chi connectivity index (χ0v) is 12.1. The van der Waals surface area contributed by atoms with Crippen molar-refractivity contribution >= 4 is 5.97 Å². The van der Waals surface area contributed by atoms with E-state index in [4.69, 9.17) is 9.47 Å². The maximum atomic E-state index is 11.8. The van der Waals surface area contributed by atoms with Crippen molar-refractivity contribution < 1.29 is 19.4 Å². The van der Waals surface area contributed by atoms with Gasteiger partial charge in [-0.2, -0.15) is 0 Å². The Hall–Kier alpha value is -1.40. The molecule has 0 radical (unpaired) electrons. The van der Waals surface area contributed by atoms with E-state index in [0.29, 0.717) is 18.1 Å². The molecule has 6 nitrogen and oxygen atoms in total. The van der Waals surface area contributed by atoms with E-state index in [2.05, 4.69) is 9.97 Å². The van der Waals surface area contributed by atoms with Crippen LogP contribution in [0.5, 0.6) is 0 Å². The highest BCUT2D eigenvalue weighted by molar-refractivity contribution is 5.89. The van der Waals surface area contributed by atoms with E-state index in [1.54, 1.807) is 20.8 Å². The molecule has 1 heterocycles. The Morgan fingerprint density at radius 2 is 2.05 bits per heavy atom. The first-order chi connectivity index (χ1) is 8.81. The van der Waals surface area contributed by atoms with Gasteiger partial charge in [-0.25, -0.2) is 9.78 Å². The zero-order valence-electron chi connectivity index (χ0n) is 12.1. The third kappa shape index (κ3) is 3.78. The van der Waals surface area contributed by atoms with E-state index in [-0.39, 0.29) is 18.4 Å². The second-order valence-corrected chi connectivity index (χ2v) is 4.72. The van der Waals surface area contributed by atoms with Gasteiger partial charge < -0.3 is 19.6 Å². The molecule has 0 aromatic carbocycles. The minimum Gasteiger partial charge on any atom is -0.461 e. The molecule has 1 unspecified atom stereocenters. The lowest BCUT2D eigenvalue weighted by Crippen LogP contribution is -2.21. The van der Waals surface area contributed by atoms with Gasteiger partial charge in [0.1, 0.15) is 17.5 Å². The molecule has 0 amide bonds. The van der Waals surface area contributed by atoms with Gasteiger partial charge in [0.25, 0.3) is 0 Å². The van der Waals surface area contributed by atoms with Gasteiger partial charge in [0.2, 0.25) is 0 Å². The summed E-state index contributed by atoms with van der Waals surface area (Å²) < 4.78 is 10.4. The number of H-pyrrole nitrogens is 1. The molecule has 0 spiro atoms. The van der Waals surface area contributed by atoms with Crippen molar-refractivity contribution in [1.29, 1.82) is 0 Å². The number of aromatic nitrogens is 2. The van der Waals surface area contributed by atoms with Crippen LogP contribution in [0.4, 0.5) is 0 Å². The van der Waals surface area contributed by atoms with E-state index in [0.717, 1.165) is 0 Å². The van der Waals surface area contributed by atoms with Gasteiger partial charge in [-0.3, -0.25) is 0 Å². The summed E-state index contributed by atoms with van der Waals surface area (Å²) in [7, 11) is 0. The number of esters is 1. The van der Waals surface area contributed by atoms with Gasteiger partial charge in [0.05, 0.1) is 12.3 Å². The van der Waals surface area contributed by atoms with Gasteiger partial charge in [-0.15, -0.1) is 0 Å². The Morgan fingerprint density at radius 1 is 1.42 bits per heavy atom. The number of imidazole rings is 1. The zero-order chi connectivity index (χ0) is 14.6. The fraction of sp³-hybridized carbons (Fsp3) is 0.692. The fourth-order valence-electron chi connectivity index (χ4n) is 1.70. The van der Waals surface area contributed by atoms with E-state index < -0.39 is 11.6 Å². The molecule has 2 N–H and O–H groups in total. The van der Waals surface area contributed by atoms with Crippen LogP contribution in [0, 0.1) is 0 Å². The van der Waals surface area contributed by atoms with E-state index in [1.807, 2.05) is 13.8 Å². The van der Waals surface area contributed by atoms with Crippen LogP contribution in [-0.4, -0.2) is 34.3 Å². The smallest absolute Gasteiger partial charge is 0.358 e. The number of nitrogens with one attached hydrogen (secondary N) is 1. The van der Waals surface area contributed by atoms with E-state index >= 15 is 0 Å². The van der Waals surface area contributed by atoms with Crippen LogP contribution in [0.3, 0.4) is 0 Å². The number of aromatic amines is 1. The Morgan fingerprint density at radius 3 is 2.53 bits per heavy atom. The van der Waals surface area contributed by atoms with Crippen molar-refractivity contribution in [2.45, 2.75) is 46.3 Å². The number of nitrogens with zero attached hydrogens (tertiary/aromatic N) is 1. The second-order valence-electron chi connectivity index (χ2n) is 4.72. The van der Waals surface area contributed by atoms with Gasteiger partial charge >= 0.3 is 5.97 Å². The molecule has 1 atom stereocenters. The maximum Gasteiger partial charge on any atom is 0.358 e. The topological polar surface area (TPSA) is 84.4 Å². The Kier molecular flexibility index (Phi) is 5.08. The van der Waals surface area contributed by atoms with Crippen LogP contribution in [-0.2, 0) is 15.1 Å². The number of carbonyl (C=O) groups excluding carboxylic acids is 1. The van der Waals surface area contributed by atoms with E-state index in [9.17, 15) is 9.90 Å². The molecule has 0 aliphatic rings. The van der Waals surface area contributed by atoms with E-state index in [1.165, 1.54) is 0 Å². The van der Waals surface area contributed by atoms with Gasteiger partial charge in [-0.05, 0) is 34.6 Å². The molecule has 0 saturated heterocycles. The van der Waals surface area contributed by atoms with Crippen LogP contribution in [0.2, 0.25) is 0 Å². The number of ether oxygens (including phenoxy) is 2. The number of aliphatic hydroxyl groups is 1. The number of hydrogen-bond acceptors (Lipinski definition) is 5. The third-order valence-corrected chi connectivity index (χ3v) is 2.60. The molecular formula is C13H22N2O4. The van der Waals surface area contributed by atoms with Crippen LogP contribution in [0.1, 0.15) is 62.7 Å². The molecule has 108 valence electrons. The second kappa shape index (κ2) is 6.16. The molecule has 1 aromatic heterocycles. The molecular weight excluding hydrogens is 248 g/mol. The highest BCUT2D eigenvalue weighted by Crippen LogP contribution is 2.25. The monoisotopic (exact) mass is 270 g/mol. The van der Waals surface area contributed by atoms with Crippen molar-refractivity contribution in [1.82, 2.24) is 9.97 Å². The lowest BCUT2D eigenvalue weighted by Gasteiger charge is -2.16. The molecule has 19 heavy (non-hydrogen) atoms. The van der Waals surface area contributed by atoms with Crippen molar-refractivity contribution in [3.8, 4) is 0 Å². The minimum absolute atomic E-state index is 0.107. The molecule has 1 rings (SSSR count). The quantitative estimate of drug-likeness (QED) is 0.771. The fourth-order valence-corrected chi connectivity index (χ4v) is 1.70. The summed E-state index contributed by atoms with van der Waals surface area (Å²) in [6, 6.07) is 0. The molecule has 6 heteroatoms. The van der Waals surface area contributed by atoms with Crippen LogP contribution in [0.15, 0.2) is 0 Å². The summed E-state index contributed by atoms with van der Waals surface area (Å²) in [6.07, 6.45) is -0.283. The van der Waals surface area contributed by atoms with Gasteiger partial charge in [-0.1, -0.05) is 0 Å². The standard InChI is InChI=1S/C13H22N2O4/c1-6-18-8(3)11-14-9(12(16)19-7-2)10(15-11)13(4,5)17/h8,17H,6-7H2,1-5H3,(H,14,15). The molecule has 0 aliphatic heterocycles. The summed E-state index contributed by atoms with van der Waals surface area (Å²) in [4.78, 5) is 19.0. The summed E-state index contributed by atoms with van der Waals surface area (Å²) in [5, 5.41) is 10.1. The van der Waals surface area contributed by atoms with Crippen LogP contribution < -0.4 is 0 Å². The molecule has 1 aromatic rings. The number of hydrogen-bond donors (Lipinski definition) is 2. The number of carbonyl (C=O) groups is 1. The first-order valence-electron chi connectivity index (χ1n) is 6.42. The lowest BCUT2D eigenvalue weighted by atomic mass is 10.0. The highest BCUT2D eigenvalue weighted by atomic mass is 16.5. The van der Waals surface area contributed by atoms with Crippen molar-refractivity contribution in [3.05, 3.63) is 17.2 Å². The first-order valence-corrected chi connectivity index (χ1v) is 6.42. The minimum atomic E-state index is -1.21. The first kappa shape index (κ1) is 15.7. The Balaban J connectivity index is 3.16. The SMILES string of the molecule is CCOC(=O)c1nc(C(C)OCC)[nH]c1C(C)(C)O. The molecule has 0 fully saturated rings. The summed E-state index contributed by atoms with van der Waals surface area (Å²) in [6.45, 7) is 9.38. The molecule has 0 aliphatic carbocycles. The third-order valence-electron chi connectivity index (χ3n) is 2.60. The largest absolute Gasteiger partial charge is 0.461 e. The predicted octanol–water partition coefficient (Wildman–Crippen LogP) is 1.91. The lowest BCUT2D eigenvalue weighted by molar-refractivity contribution is 0.0476. The summed E-state index contributed by atoms with van der Waals surface area (Å²) in [5.41, 5.74) is -0.761. The summed E-state index contributed by atoms with van der Waals surface area (Å²) >= 11 is 0. The van der Waals surface area contributed by atoms with Crippen molar-refractivity contribution in [2.75, 3.05) is 13.2 Å². The molecule has 0 saturated carbocycles. The summed E-state index contributed by atoms with van der Waals surface area (Å²) in [5.74, 6) is -0.0483. The average Bonchev–Trinajstić information content (AvgIpc) is 2.74. The van der Waals surface area contributed by atoms with Crippen LogP contribution >= 0.6 is 0 Å². The van der Waals surface area contributed by atoms with Crippen molar-refractivity contribution in [2.24, 2.45) is 0 Å².